The molecule has 0 radical (unpaired) electrons. The van der Waals surface area contributed by atoms with E-state index in [2.05, 4.69) is 6.08 Å². The summed E-state index contributed by atoms with van der Waals surface area (Å²) in [5.74, 6) is 0.788. The van der Waals surface area contributed by atoms with Crippen LogP contribution in [0.5, 0.6) is 0 Å². The molecule has 2 fully saturated rings. The SMILES string of the molecule is O[C@H]1CCC/C1=C\C1CCCCC1. The molecule has 1 N–H and O–H groups in total. The maximum absolute atomic E-state index is 9.65. The molecule has 0 aromatic rings. The van der Waals surface area contributed by atoms with Crippen molar-refractivity contribution >= 4 is 0 Å². The highest BCUT2D eigenvalue weighted by Crippen LogP contribution is 2.31. The third-order valence-electron chi connectivity index (χ3n) is 3.47. The summed E-state index contributed by atoms with van der Waals surface area (Å²) in [7, 11) is 0. The Morgan fingerprint density at radius 2 is 1.77 bits per heavy atom. The second-order valence-electron chi connectivity index (χ2n) is 4.55. The van der Waals surface area contributed by atoms with Gasteiger partial charge in [-0.2, -0.15) is 0 Å². The predicted octanol–water partition coefficient (Wildman–Crippen LogP) is 3.04. The molecule has 0 spiro atoms. The van der Waals surface area contributed by atoms with Gasteiger partial charge in [0, 0.05) is 0 Å². The molecule has 2 rings (SSSR count). The Balaban J connectivity index is 1.93. The first kappa shape index (κ1) is 9.26. The van der Waals surface area contributed by atoms with Crippen LogP contribution in [-0.4, -0.2) is 11.2 Å². The van der Waals surface area contributed by atoms with E-state index >= 15 is 0 Å². The van der Waals surface area contributed by atoms with Crippen LogP contribution in [0.4, 0.5) is 0 Å². The second kappa shape index (κ2) is 4.28. The molecule has 2 saturated carbocycles. The second-order valence-corrected chi connectivity index (χ2v) is 4.55. The lowest BCUT2D eigenvalue weighted by Gasteiger charge is -2.19. The van der Waals surface area contributed by atoms with E-state index in [-0.39, 0.29) is 6.10 Å². The van der Waals surface area contributed by atoms with Gasteiger partial charge in [-0.1, -0.05) is 25.3 Å². The minimum absolute atomic E-state index is 0.0954. The van der Waals surface area contributed by atoms with Gasteiger partial charge < -0.3 is 5.11 Å². The number of allylic oxidation sites excluding steroid dienone is 1. The van der Waals surface area contributed by atoms with Gasteiger partial charge in [-0.25, -0.2) is 0 Å². The van der Waals surface area contributed by atoms with Crippen LogP contribution in [0.1, 0.15) is 51.4 Å². The van der Waals surface area contributed by atoms with Crippen LogP contribution in [0.3, 0.4) is 0 Å². The summed E-state index contributed by atoms with van der Waals surface area (Å²) in [6.45, 7) is 0. The first-order chi connectivity index (χ1) is 6.36. The molecular weight excluding hydrogens is 160 g/mol. The number of aliphatic hydroxyl groups excluding tert-OH is 1. The zero-order valence-corrected chi connectivity index (χ0v) is 8.34. The molecule has 74 valence electrons. The zero-order chi connectivity index (χ0) is 9.10. The Kier molecular flexibility index (Phi) is 3.05. The van der Waals surface area contributed by atoms with Gasteiger partial charge in [-0.15, -0.1) is 0 Å². The topological polar surface area (TPSA) is 20.2 Å². The summed E-state index contributed by atoms with van der Waals surface area (Å²) in [6, 6.07) is 0. The highest BCUT2D eigenvalue weighted by atomic mass is 16.3. The number of aliphatic hydroxyl groups is 1. The largest absolute Gasteiger partial charge is 0.389 e. The van der Waals surface area contributed by atoms with Gasteiger partial charge in [0.1, 0.15) is 0 Å². The Morgan fingerprint density at radius 1 is 1.00 bits per heavy atom. The lowest BCUT2D eigenvalue weighted by molar-refractivity contribution is 0.216. The smallest absolute Gasteiger partial charge is 0.0750 e. The Bertz CT molecular complexity index is 189. The van der Waals surface area contributed by atoms with E-state index in [1.807, 2.05) is 0 Å². The van der Waals surface area contributed by atoms with E-state index in [4.69, 9.17) is 0 Å². The van der Waals surface area contributed by atoms with Crippen LogP contribution in [0.25, 0.3) is 0 Å². The Labute approximate surface area is 80.8 Å². The van der Waals surface area contributed by atoms with Crippen LogP contribution in [0.2, 0.25) is 0 Å². The Hall–Kier alpha value is -0.300. The van der Waals surface area contributed by atoms with Crippen molar-refractivity contribution < 1.29 is 5.11 Å². The molecule has 0 bridgehead atoms. The Morgan fingerprint density at radius 3 is 2.38 bits per heavy atom. The standard InChI is InChI=1S/C12H20O/c13-12-8-4-7-11(12)9-10-5-2-1-3-6-10/h9-10,12-13H,1-8H2/b11-9+/t12-/m0/s1. The van der Waals surface area contributed by atoms with Gasteiger partial charge in [0.2, 0.25) is 0 Å². The lowest BCUT2D eigenvalue weighted by Crippen LogP contribution is -2.07. The van der Waals surface area contributed by atoms with Crippen molar-refractivity contribution in [2.24, 2.45) is 5.92 Å². The summed E-state index contributed by atoms with van der Waals surface area (Å²) in [5, 5.41) is 9.65. The van der Waals surface area contributed by atoms with E-state index in [1.165, 1.54) is 44.1 Å². The van der Waals surface area contributed by atoms with Crippen LogP contribution >= 0.6 is 0 Å². The minimum atomic E-state index is -0.0954. The van der Waals surface area contributed by atoms with E-state index < -0.39 is 0 Å². The zero-order valence-electron chi connectivity index (χ0n) is 8.34. The molecule has 1 nitrogen and oxygen atoms in total. The maximum atomic E-state index is 9.65. The monoisotopic (exact) mass is 180 g/mol. The van der Waals surface area contributed by atoms with Crippen LogP contribution in [-0.2, 0) is 0 Å². The van der Waals surface area contributed by atoms with Gasteiger partial charge in [-0.05, 0) is 43.6 Å². The number of hydrogen-bond donors (Lipinski definition) is 1. The average Bonchev–Trinajstić information content (AvgIpc) is 2.54. The average molecular weight is 180 g/mol. The van der Waals surface area contributed by atoms with Gasteiger partial charge in [0.25, 0.3) is 0 Å². The van der Waals surface area contributed by atoms with Crippen molar-refractivity contribution in [3.05, 3.63) is 11.6 Å². The normalized spacial score (nSPS) is 34.2. The molecule has 0 saturated heterocycles. The van der Waals surface area contributed by atoms with Crippen LogP contribution in [0.15, 0.2) is 11.6 Å². The summed E-state index contributed by atoms with van der Waals surface area (Å²) in [5.41, 5.74) is 1.34. The summed E-state index contributed by atoms with van der Waals surface area (Å²) < 4.78 is 0. The first-order valence-electron chi connectivity index (χ1n) is 5.75. The summed E-state index contributed by atoms with van der Waals surface area (Å²) in [6.07, 6.45) is 12.6. The van der Waals surface area contributed by atoms with E-state index in [9.17, 15) is 5.11 Å². The molecule has 0 aromatic heterocycles. The number of hydrogen-bond acceptors (Lipinski definition) is 1. The summed E-state index contributed by atoms with van der Waals surface area (Å²) >= 11 is 0. The minimum Gasteiger partial charge on any atom is -0.389 e. The highest BCUT2D eigenvalue weighted by molar-refractivity contribution is 5.14. The molecule has 0 aromatic carbocycles. The van der Waals surface area contributed by atoms with Gasteiger partial charge in [0.15, 0.2) is 0 Å². The molecule has 0 aliphatic heterocycles. The molecule has 2 aliphatic rings. The molecule has 1 heteroatoms. The van der Waals surface area contributed by atoms with Crippen molar-refractivity contribution in [2.75, 3.05) is 0 Å². The number of rotatable bonds is 1. The van der Waals surface area contributed by atoms with E-state index in [0.717, 1.165) is 18.8 Å². The fraction of sp³-hybridized carbons (Fsp3) is 0.833. The quantitative estimate of drug-likeness (QED) is 0.615. The fourth-order valence-electron chi connectivity index (χ4n) is 2.65. The molecule has 0 heterocycles. The summed E-state index contributed by atoms with van der Waals surface area (Å²) in [4.78, 5) is 0. The van der Waals surface area contributed by atoms with Crippen molar-refractivity contribution in [2.45, 2.75) is 57.5 Å². The molecule has 0 amide bonds. The third-order valence-corrected chi connectivity index (χ3v) is 3.47. The maximum Gasteiger partial charge on any atom is 0.0750 e. The van der Waals surface area contributed by atoms with Crippen molar-refractivity contribution in [1.29, 1.82) is 0 Å². The van der Waals surface area contributed by atoms with Gasteiger partial charge in [-0.3, -0.25) is 0 Å². The van der Waals surface area contributed by atoms with Crippen LogP contribution in [0, 0.1) is 5.92 Å². The van der Waals surface area contributed by atoms with Crippen LogP contribution < -0.4 is 0 Å². The lowest BCUT2D eigenvalue weighted by atomic mass is 9.87. The van der Waals surface area contributed by atoms with E-state index in [1.54, 1.807) is 0 Å². The van der Waals surface area contributed by atoms with Gasteiger partial charge >= 0.3 is 0 Å². The predicted molar refractivity (Wildman–Crippen MR) is 54.5 cm³/mol. The van der Waals surface area contributed by atoms with Gasteiger partial charge in [0.05, 0.1) is 6.10 Å². The molecule has 0 unspecified atom stereocenters. The molecule has 2 aliphatic carbocycles. The molecule has 13 heavy (non-hydrogen) atoms. The third kappa shape index (κ3) is 2.34. The first-order valence-corrected chi connectivity index (χ1v) is 5.75. The van der Waals surface area contributed by atoms with Crippen molar-refractivity contribution in [1.82, 2.24) is 0 Å². The van der Waals surface area contributed by atoms with Crippen molar-refractivity contribution in [3.8, 4) is 0 Å². The molecular formula is C12H20O. The van der Waals surface area contributed by atoms with E-state index in [0.29, 0.717) is 0 Å². The highest BCUT2D eigenvalue weighted by Gasteiger charge is 2.20. The fourth-order valence-corrected chi connectivity index (χ4v) is 2.65. The van der Waals surface area contributed by atoms with Crippen molar-refractivity contribution in [3.63, 3.8) is 0 Å². The molecule has 1 atom stereocenters.